The molecule has 0 bridgehead atoms. The second kappa shape index (κ2) is 8.53. The molecule has 0 radical (unpaired) electrons. The summed E-state index contributed by atoms with van der Waals surface area (Å²) in [5, 5.41) is 3.27. The molecule has 0 aliphatic rings. The Morgan fingerprint density at radius 3 is 2.36 bits per heavy atom. The van der Waals surface area contributed by atoms with E-state index in [9.17, 15) is 9.59 Å². The summed E-state index contributed by atoms with van der Waals surface area (Å²) in [5.41, 5.74) is 1.50. The first kappa shape index (κ1) is 18.8. The molecule has 2 aromatic rings. The predicted octanol–water partition coefficient (Wildman–Crippen LogP) is 3.13. The van der Waals surface area contributed by atoms with Crippen LogP contribution in [0.4, 0.5) is 0 Å². The molecule has 1 atom stereocenters. The van der Waals surface area contributed by atoms with Crippen LogP contribution in [0.25, 0.3) is 0 Å². The molecule has 0 aromatic heterocycles. The first-order valence-corrected chi connectivity index (χ1v) is 8.25. The third-order valence-electron chi connectivity index (χ3n) is 3.58. The normalized spacial score (nSPS) is 11.5. The number of hydrogen-bond acceptors (Lipinski definition) is 3. The zero-order valence-corrected chi connectivity index (χ0v) is 15.2. The van der Waals surface area contributed by atoms with E-state index in [1.165, 1.54) is 4.90 Å². The highest BCUT2D eigenvalue weighted by atomic mass is 35.5. The van der Waals surface area contributed by atoms with E-state index in [1.807, 2.05) is 12.1 Å². The monoisotopic (exact) mass is 360 g/mol. The second-order valence-electron chi connectivity index (χ2n) is 5.80. The molecular formula is C19H21ClN2O3. The van der Waals surface area contributed by atoms with Crippen molar-refractivity contribution in [3.63, 3.8) is 0 Å². The number of carbonyl (C=O) groups excluding carboxylic acids is 2. The maximum absolute atomic E-state index is 12.2. The average Bonchev–Trinajstić information content (AvgIpc) is 2.61. The Morgan fingerprint density at radius 1 is 1.12 bits per heavy atom. The van der Waals surface area contributed by atoms with E-state index in [4.69, 9.17) is 16.3 Å². The van der Waals surface area contributed by atoms with E-state index in [0.717, 1.165) is 5.56 Å². The van der Waals surface area contributed by atoms with Crippen LogP contribution in [-0.4, -0.2) is 36.9 Å². The Bertz CT molecular complexity index is 745. The average molecular weight is 361 g/mol. The number of nitrogens with one attached hydrogen (secondary N) is 1. The molecular weight excluding hydrogens is 340 g/mol. The lowest BCUT2D eigenvalue weighted by Gasteiger charge is -2.16. The van der Waals surface area contributed by atoms with Gasteiger partial charge in [0.05, 0.1) is 5.02 Å². The highest BCUT2D eigenvalue weighted by Gasteiger charge is 2.15. The molecule has 0 heterocycles. The molecule has 1 unspecified atom stereocenters. The van der Waals surface area contributed by atoms with Gasteiger partial charge in [-0.2, -0.15) is 0 Å². The van der Waals surface area contributed by atoms with Gasteiger partial charge in [-0.1, -0.05) is 35.9 Å². The zero-order chi connectivity index (χ0) is 18.4. The number of para-hydroxylation sites is 1. The molecule has 6 heteroatoms. The van der Waals surface area contributed by atoms with Gasteiger partial charge in [0, 0.05) is 26.2 Å². The highest BCUT2D eigenvalue weighted by molar-refractivity contribution is 6.32. The van der Waals surface area contributed by atoms with Gasteiger partial charge in [-0.05, 0) is 36.8 Å². The van der Waals surface area contributed by atoms with Crippen LogP contribution in [0.5, 0.6) is 5.75 Å². The zero-order valence-electron chi connectivity index (χ0n) is 14.5. The van der Waals surface area contributed by atoms with Gasteiger partial charge in [0.2, 0.25) is 0 Å². The molecule has 0 aliphatic carbocycles. The minimum absolute atomic E-state index is 0.0580. The molecule has 0 spiro atoms. The van der Waals surface area contributed by atoms with E-state index in [0.29, 0.717) is 22.9 Å². The number of amides is 2. The molecule has 2 rings (SSSR count). The van der Waals surface area contributed by atoms with Crippen molar-refractivity contribution < 1.29 is 14.3 Å². The summed E-state index contributed by atoms with van der Waals surface area (Å²) in [7, 11) is 3.41. The fourth-order valence-electron chi connectivity index (χ4n) is 2.14. The van der Waals surface area contributed by atoms with Crippen LogP contribution in [-0.2, 0) is 11.3 Å². The minimum atomic E-state index is -0.672. The summed E-state index contributed by atoms with van der Waals surface area (Å²) < 4.78 is 5.58. The van der Waals surface area contributed by atoms with Crippen molar-refractivity contribution in [1.82, 2.24) is 10.2 Å². The predicted molar refractivity (Wildman–Crippen MR) is 97.8 cm³/mol. The van der Waals surface area contributed by atoms with Gasteiger partial charge in [-0.3, -0.25) is 9.59 Å². The lowest BCUT2D eigenvalue weighted by Crippen LogP contribution is -2.36. The van der Waals surface area contributed by atoms with E-state index >= 15 is 0 Å². The molecule has 5 nitrogen and oxygen atoms in total. The van der Waals surface area contributed by atoms with Crippen molar-refractivity contribution in [2.75, 3.05) is 14.1 Å². The molecule has 2 aromatic carbocycles. The lowest BCUT2D eigenvalue weighted by atomic mass is 10.1. The number of hydrogen-bond donors (Lipinski definition) is 1. The van der Waals surface area contributed by atoms with Gasteiger partial charge in [-0.25, -0.2) is 0 Å². The fraction of sp³-hybridized carbons (Fsp3) is 0.263. The number of carbonyl (C=O) groups is 2. The maximum atomic E-state index is 12.2. The van der Waals surface area contributed by atoms with E-state index in [2.05, 4.69) is 5.32 Å². The summed E-state index contributed by atoms with van der Waals surface area (Å²) in [5.74, 6) is 0.170. The van der Waals surface area contributed by atoms with Crippen molar-refractivity contribution in [3.8, 4) is 5.75 Å². The molecule has 2 amide bonds. The summed E-state index contributed by atoms with van der Waals surface area (Å²) in [6.07, 6.45) is -0.672. The third kappa shape index (κ3) is 5.22. The van der Waals surface area contributed by atoms with Gasteiger partial charge in [-0.15, -0.1) is 0 Å². The molecule has 25 heavy (non-hydrogen) atoms. The van der Waals surface area contributed by atoms with Gasteiger partial charge >= 0.3 is 0 Å². The van der Waals surface area contributed by atoms with Gasteiger partial charge in [0.15, 0.2) is 6.10 Å². The Kier molecular flexibility index (Phi) is 6.42. The second-order valence-corrected chi connectivity index (χ2v) is 6.21. The summed E-state index contributed by atoms with van der Waals surface area (Å²) in [6.45, 7) is 2.02. The first-order chi connectivity index (χ1) is 11.9. The topological polar surface area (TPSA) is 58.6 Å². The van der Waals surface area contributed by atoms with Gasteiger partial charge in [0.1, 0.15) is 5.75 Å². The van der Waals surface area contributed by atoms with Crippen molar-refractivity contribution in [1.29, 1.82) is 0 Å². The molecule has 0 saturated heterocycles. The van der Waals surface area contributed by atoms with Crippen molar-refractivity contribution in [2.45, 2.75) is 19.6 Å². The molecule has 0 fully saturated rings. The van der Waals surface area contributed by atoms with Crippen LogP contribution in [0.2, 0.25) is 5.02 Å². The number of nitrogens with zero attached hydrogens (tertiary/aromatic N) is 1. The van der Waals surface area contributed by atoms with E-state index < -0.39 is 6.10 Å². The van der Waals surface area contributed by atoms with Crippen LogP contribution in [0, 0.1) is 0 Å². The van der Waals surface area contributed by atoms with Crippen LogP contribution < -0.4 is 10.1 Å². The Morgan fingerprint density at radius 2 is 1.76 bits per heavy atom. The third-order valence-corrected chi connectivity index (χ3v) is 3.90. The van der Waals surface area contributed by atoms with Gasteiger partial charge < -0.3 is 15.0 Å². The maximum Gasteiger partial charge on any atom is 0.261 e. The Hall–Kier alpha value is -2.53. The van der Waals surface area contributed by atoms with Crippen molar-refractivity contribution in [2.24, 2.45) is 0 Å². The first-order valence-electron chi connectivity index (χ1n) is 7.88. The minimum Gasteiger partial charge on any atom is -0.479 e. The van der Waals surface area contributed by atoms with Crippen LogP contribution >= 0.6 is 11.6 Å². The van der Waals surface area contributed by atoms with Crippen LogP contribution in [0.15, 0.2) is 48.5 Å². The largest absolute Gasteiger partial charge is 0.479 e. The van der Waals surface area contributed by atoms with Crippen LogP contribution in [0.3, 0.4) is 0 Å². The summed E-state index contributed by atoms with van der Waals surface area (Å²) >= 11 is 6.02. The standard InChI is InChI=1S/C19H21ClN2O3/c1-13(25-17-7-5-4-6-16(17)20)18(23)21-12-14-8-10-15(11-9-14)19(24)22(2)3/h4-11,13H,12H2,1-3H3,(H,21,23). The smallest absolute Gasteiger partial charge is 0.261 e. The quantitative estimate of drug-likeness (QED) is 0.861. The summed E-state index contributed by atoms with van der Waals surface area (Å²) in [6, 6.07) is 14.1. The summed E-state index contributed by atoms with van der Waals surface area (Å²) in [4.78, 5) is 25.5. The SMILES string of the molecule is CC(Oc1ccccc1Cl)C(=O)NCc1ccc(C(=O)N(C)C)cc1. The molecule has 1 N–H and O–H groups in total. The number of rotatable bonds is 6. The molecule has 0 aliphatic heterocycles. The molecule has 0 saturated carbocycles. The molecule has 132 valence electrons. The van der Waals surface area contributed by atoms with Crippen molar-refractivity contribution in [3.05, 3.63) is 64.7 Å². The van der Waals surface area contributed by atoms with Crippen molar-refractivity contribution >= 4 is 23.4 Å². The van der Waals surface area contributed by atoms with Gasteiger partial charge in [0.25, 0.3) is 11.8 Å². The number of halogens is 1. The Labute approximate surface area is 152 Å². The highest BCUT2D eigenvalue weighted by Crippen LogP contribution is 2.24. The van der Waals surface area contributed by atoms with E-state index in [-0.39, 0.29) is 11.8 Å². The van der Waals surface area contributed by atoms with Crippen LogP contribution in [0.1, 0.15) is 22.8 Å². The number of ether oxygens (including phenoxy) is 1. The number of benzene rings is 2. The fourth-order valence-corrected chi connectivity index (χ4v) is 2.32. The lowest BCUT2D eigenvalue weighted by molar-refractivity contribution is -0.127. The Balaban J connectivity index is 1.89. The van der Waals surface area contributed by atoms with E-state index in [1.54, 1.807) is 57.4 Å².